The molecule has 0 radical (unpaired) electrons. The zero-order valence-corrected chi connectivity index (χ0v) is 19.5. The van der Waals surface area contributed by atoms with Crippen molar-refractivity contribution in [2.24, 2.45) is 11.1 Å². The Morgan fingerprint density at radius 1 is 1.13 bits per heavy atom. The smallest absolute Gasteiger partial charge is 0.184 e. The van der Waals surface area contributed by atoms with Crippen LogP contribution in [0.3, 0.4) is 0 Å². The first-order valence-electron chi connectivity index (χ1n) is 9.72. The largest absolute Gasteiger partial charge is 0.382 e. The highest BCUT2D eigenvalue weighted by atomic mass is 35.5. The Labute approximate surface area is 197 Å². The van der Waals surface area contributed by atoms with Crippen LogP contribution in [0.4, 0.5) is 17.5 Å². The van der Waals surface area contributed by atoms with Crippen LogP contribution in [-0.4, -0.2) is 33.0 Å². The first kappa shape index (κ1) is 21.0. The summed E-state index contributed by atoms with van der Waals surface area (Å²) in [5.41, 5.74) is 19.6. The number of halogens is 2. The summed E-state index contributed by atoms with van der Waals surface area (Å²) in [6.45, 7) is 1.67. The van der Waals surface area contributed by atoms with Crippen LogP contribution in [0, 0.1) is 5.41 Å². The molecule has 1 unspecified atom stereocenters. The molecule has 12 heteroatoms. The molecule has 8 nitrogen and oxygen atoms in total. The molecular weight excluding hydrogens is 475 g/mol. The van der Waals surface area contributed by atoms with Gasteiger partial charge in [-0.3, -0.25) is 0 Å². The molecule has 0 saturated carbocycles. The van der Waals surface area contributed by atoms with Crippen molar-refractivity contribution in [3.8, 4) is 0 Å². The molecule has 5 rings (SSSR count). The first-order chi connectivity index (χ1) is 14.9. The third-order valence-electron chi connectivity index (χ3n) is 6.09. The second kappa shape index (κ2) is 7.93. The van der Waals surface area contributed by atoms with E-state index < -0.39 is 0 Å². The molecule has 1 spiro atoms. The number of fused-ring (bicyclic) bond motifs is 1. The van der Waals surface area contributed by atoms with E-state index >= 15 is 0 Å². The SMILES string of the molecule is Nc1nc(N2CCC3(CC2)Cc2sc(Cl)nc2C3N)cnc1Sc1ccnc(N)c1Cl. The topological polar surface area (TPSA) is 133 Å². The maximum absolute atomic E-state index is 6.59. The van der Waals surface area contributed by atoms with Crippen molar-refractivity contribution in [1.29, 1.82) is 0 Å². The lowest BCUT2D eigenvalue weighted by molar-refractivity contribution is 0.186. The van der Waals surface area contributed by atoms with Gasteiger partial charge in [-0.15, -0.1) is 11.3 Å². The van der Waals surface area contributed by atoms with Gasteiger partial charge >= 0.3 is 0 Å². The number of aromatic nitrogens is 4. The Morgan fingerprint density at radius 3 is 2.61 bits per heavy atom. The lowest BCUT2D eigenvalue weighted by atomic mass is 9.73. The minimum Gasteiger partial charge on any atom is -0.382 e. The molecule has 1 aliphatic carbocycles. The van der Waals surface area contributed by atoms with E-state index in [0.717, 1.165) is 48.8 Å². The summed E-state index contributed by atoms with van der Waals surface area (Å²) in [5, 5.41) is 0.964. The Balaban J connectivity index is 1.29. The highest BCUT2D eigenvalue weighted by Crippen LogP contribution is 2.52. The summed E-state index contributed by atoms with van der Waals surface area (Å²) < 4.78 is 0.576. The van der Waals surface area contributed by atoms with Crippen molar-refractivity contribution in [1.82, 2.24) is 19.9 Å². The number of pyridine rings is 1. The Bertz CT molecular complexity index is 1150. The molecule has 0 bridgehead atoms. The summed E-state index contributed by atoms with van der Waals surface area (Å²) in [4.78, 5) is 21.7. The summed E-state index contributed by atoms with van der Waals surface area (Å²) >= 11 is 15.2. The molecule has 1 atom stereocenters. The van der Waals surface area contributed by atoms with Gasteiger partial charge in [-0.05, 0) is 30.7 Å². The quantitative estimate of drug-likeness (QED) is 0.496. The standard InChI is InChI=1S/C19H20Cl2N8S2/c20-12-9(1-4-25-15(12)23)30-17-16(24)27-11(8-26-17)29-5-2-19(3-6-29)7-10-13(14(19)22)28-18(21)31-10/h1,4,8,14H,2-3,5-7,22H2,(H2,23,25)(H2,24,27). The lowest BCUT2D eigenvalue weighted by Crippen LogP contribution is -2.44. The third kappa shape index (κ3) is 3.70. The highest BCUT2D eigenvalue weighted by molar-refractivity contribution is 7.99. The summed E-state index contributed by atoms with van der Waals surface area (Å²) in [7, 11) is 0. The van der Waals surface area contributed by atoms with E-state index in [1.807, 2.05) is 0 Å². The molecule has 162 valence electrons. The van der Waals surface area contributed by atoms with Crippen molar-refractivity contribution in [3.05, 3.63) is 38.5 Å². The number of anilines is 3. The van der Waals surface area contributed by atoms with Gasteiger partial charge in [-0.2, -0.15) is 0 Å². The molecular formula is C19H20Cl2N8S2. The number of nitrogens with zero attached hydrogens (tertiary/aromatic N) is 5. The predicted molar refractivity (Wildman–Crippen MR) is 126 cm³/mol. The van der Waals surface area contributed by atoms with Crippen LogP contribution in [0.25, 0.3) is 0 Å². The Morgan fingerprint density at radius 2 is 1.90 bits per heavy atom. The fourth-order valence-electron chi connectivity index (χ4n) is 4.33. The van der Waals surface area contributed by atoms with Crippen LogP contribution < -0.4 is 22.1 Å². The van der Waals surface area contributed by atoms with E-state index in [2.05, 4.69) is 24.8 Å². The number of hydrogen-bond acceptors (Lipinski definition) is 10. The highest BCUT2D eigenvalue weighted by Gasteiger charge is 2.48. The molecule has 31 heavy (non-hydrogen) atoms. The van der Waals surface area contributed by atoms with Gasteiger partial charge in [0.15, 0.2) is 10.3 Å². The van der Waals surface area contributed by atoms with Crippen molar-refractivity contribution >= 4 is 63.8 Å². The zero-order chi connectivity index (χ0) is 21.8. The molecule has 0 aromatic carbocycles. The first-order valence-corrected chi connectivity index (χ1v) is 12.1. The average molecular weight is 495 g/mol. The summed E-state index contributed by atoms with van der Waals surface area (Å²) in [5.74, 6) is 1.39. The van der Waals surface area contributed by atoms with E-state index in [9.17, 15) is 0 Å². The van der Waals surface area contributed by atoms with Gasteiger partial charge in [0.05, 0.1) is 23.0 Å². The maximum Gasteiger partial charge on any atom is 0.184 e. The zero-order valence-electron chi connectivity index (χ0n) is 16.4. The van der Waals surface area contributed by atoms with Gasteiger partial charge in [0.2, 0.25) is 0 Å². The summed E-state index contributed by atoms with van der Waals surface area (Å²) in [6.07, 6.45) is 6.21. The minimum atomic E-state index is -0.0686. The molecule has 4 heterocycles. The molecule has 1 fully saturated rings. The molecule has 3 aromatic heterocycles. The Kier molecular flexibility index (Phi) is 5.38. The minimum absolute atomic E-state index is 0.0437. The number of rotatable bonds is 3. The van der Waals surface area contributed by atoms with Gasteiger partial charge in [-0.1, -0.05) is 35.0 Å². The molecule has 3 aromatic rings. The van der Waals surface area contributed by atoms with Crippen LogP contribution in [0.15, 0.2) is 28.4 Å². The number of nitrogen functional groups attached to an aromatic ring is 2. The van der Waals surface area contributed by atoms with E-state index in [1.165, 1.54) is 16.6 Å². The number of thiazole rings is 1. The molecule has 1 aliphatic heterocycles. The molecule has 6 N–H and O–H groups in total. The van der Waals surface area contributed by atoms with Gasteiger partial charge in [0, 0.05) is 29.1 Å². The van der Waals surface area contributed by atoms with Crippen LogP contribution in [0.5, 0.6) is 0 Å². The monoisotopic (exact) mass is 494 g/mol. The van der Waals surface area contributed by atoms with Crippen molar-refractivity contribution in [3.63, 3.8) is 0 Å². The number of piperidine rings is 1. The van der Waals surface area contributed by atoms with Gasteiger partial charge in [0.1, 0.15) is 16.7 Å². The van der Waals surface area contributed by atoms with Crippen LogP contribution in [0.2, 0.25) is 9.49 Å². The fraction of sp³-hybridized carbons (Fsp3) is 0.368. The van der Waals surface area contributed by atoms with Crippen molar-refractivity contribution < 1.29 is 0 Å². The van der Waals surface area contributed by atoms with E-state index in [4.69, 9.17) is 40.4 Å². The van der Waals surface area contributed by atoms with E-state index in [1.54, 1.807) is 29.8 Å². The van der Waals surface area contributed by atoms with Gasteiger partial charge < -0.3 is 22.1 Å². The van der Waals surface area contributed by atoms with Gasteiger partial charge in [0.25, 0.3) is 0 Å². The van der Waals surface area contributed by atoms with Crippen molar-refractivity contribution in [2.75, 3.05) is 29.5 Å². The number of nitrogens with two attached hydrogens (primary N) is 3. The van der Waals surface area contributed by atoms with Crippen LogP contribution in [-0.2, 0) is 6.42 Å². The third-order valence-corrected chi connectivity index (χ3v) is 8.84. The second-order valence-corrected chi connectivity index (χ2v) is 10.9. The molecule has 1 saturated heterocycles. The predicted octanol–water partition coefficient (Wildman–Crippen LogP) is 3.79. The summed E-state index contributed by atoms with van der Waals surface area (Å²) in [6, 6.07) is 1.70. The van der Waals surface area contributed by atoms with E-state index in [0.29, 0.717) is 20.3 Å². The maximum atomic E-state index is 6.59. The lowest BCUT2D eigenvalue weighted by Gasteiger charge is -2.42. The number of hydrogen-bond donors (Lipinski definition) is 3. The van der Waals surface area contributed by atoms with Crippen molar-refractivity contribution in [2.45, 2.75) is 35.2 Å². The molecule has 2 aliphatic rings. The normalized spacial score (nSPS) is 19.7. The average Bonchev–Trinajstić information content (AvgIpc) is 3.22. The van der Waals surface area contributed by atoms with Crippen LogP contribution >= 0.6 is 46.3 Å². The Hall–Kier alpha value is -1.85. The van der Waals surface area contributed by atoms with Gasteiger partial charge in [-0.25, -0.2) is 19.9 Å². The van der Waals surface area contributed by atoms with E-state index in [-0.39, 0.29) is 17.3 Å². The molecule has 0 amide bonds. The fourth-order valence-corrected chi connectivity index (χ4v) is 6.70. The second-order valence-electron chi connectivity index (χ2n) is 7.81. The van der Waals surface area contributed by atoms with Crippen LogP contribution in [0.1, 0.15) is 29.5 Å².